The molecule has 2 radical (unpaired) electrons. The van der Waals surface area contributed by atoms with E-state index in [1.807, 2.05) is 0 Å². The van der Waals surface area contributed by atoms with Gasteiger partial charge in [-0.2, -0.15) is 0 Å². The number of unbranched alkanes of at least 4 members (excludes halogenated alkanes) is 33. The van der Waals surface area contributed by atoms with E-state index in [9.17, 15) is 29.7 Å². The minimum absolute atomic E-state index is 0. The van der Waals surface area contributed by atoms with E-state index in [1.165, 1.54) is 193 Å². The molecule has 0 heterocycles. The molecule has 0 saturated carbocycles. The number of carboxylic acids is 3. The summed E-state index contributed by atoms with van der Waals surface area (Å²) in [6.07, 6.45) is 46.6. The molecule has 0 saturated heterocycles. The van der Waals surface area contributed by atoms with Gasteiger partial charge in [-0.05, 0) is 36.5 Å². The molecule has 0 aliphatic heterocycles. The van der Waals surface area contributed by atoms with Gasteiger partial charge in [0.2, 0.25) is 0 Å². The van der Waals surface area contributed by atoms with Crippen LogP contribution in [0.5, 0.6) is 0 Å². The van der Waals surface area contributed by atoms with Crippen LogP contribution in [0.1, 0.15) is 252 Å². The third-order valence-electron chi connectivity index (χ3n) is 10.4. The number of carboxylic acid groups (broad SMARTS) is 3. The van der Waals surface area contributed by atoms with Gasteiger partial charge in [0, 0.05) is 0 Å². The fourth-order valence-corrected chi connectivity index (χ4v) is 8.81. The van der Waals surface area contributed by atoms with Crippen LogP contribution in [0.3, 0.4) is 0 Å². The third-order valence-corrected chi connectivity index (χ3v) is 13.5. The fraction of sp³-hybridized carbons (Fsp3) is 0.938. The first-order chi connectivity index (χ1) is 29.0. The Balaban J connectivity index is -0.000000396. The van der Waals surface area contributed by atoms with Crippen molar-refractivity contribution in [2.75, 3.05) is 17.3 Å². The van der Waals surface area contributed by atoms with Crippen molar-refractivity contribution >= 4 is 77.6 Å². The van der Waals surface area contributed by atoms with Crippen molar-refractivity contribution < 1.29 is 45.0 Å². The normalized spacial score (nSPS) is 12.3. The molecule has 362 valence electrons. The van der Waals surface area contributed by atoms with Crippen molar-refractivity contribution in [3.05, 3.63) is 0 Å². The Labute approximate surface area is 405 Å². The Hall–Kier alpha value is 0.158. The summed E-state index contributed by atoms with van der Waals surface area (Å²) in [7, 11) is 0. The zero-order valence-electron chi connectivity index (χ0n) is 39.3. The first kappa shape index (κ1) is 67.7. The summed E-state index contributed by atoms with van der Waals surface area (Å²) in [5.74, 6) is -2.04. The van der Waals surface area contributed by atoms with E-state index >= 15 is 0 Å². The first-order valence-electron chi connectivity index (χ1n) is 24.6. The van der Waals surface area contributed by atoms with E-state index in [-0.39, 0.29) is 24.4 Å². The molecule has 0 aromatic carbocycles. The van der Waals surface area contributed by atoms with Gasteiger partial charge in [-0.25, -0.2) is 0 Å². The van der Waals surface area contributed by atoms with Crippen LogP contribution in [0.25, 0.3) is 0 Å². The minimum Gasteiger partial charge on any atom is -0.546 e. The number of carbonyl (C=O) groups excluding carboxylic acids is 3. The quantitative estimate of drug-likeness (QED) is 0.0299. The molecule has 0 fully saturated rings. The summed E-state index contributed by atoms with van der Waals surface area (Å²) in [4.78, 5) is 30.8. The summed E-state index contributed by atoms with van der Waals surface area (Å²) in [5, 5.41) is 57.8. The van der Waals surface area contributed by atoms with E-state index in [0.717, 1.165) is 73.8 Å². The van der Waals surface area contributed by atoms with E-state index in [0.29, 0.717) is 17.3 Å². The van der Waals surface area contributed by atoms with E-state index < -0.39 is 34.2 Å². The summed E-state index contributed by atoms with van der Waals surface area (Å²) < 4.78 is 0. The summed E-state index contributed by atoms with van der Waals surface area (Å²) in [6.45, 7) is 6.74. The number of thioether (sulfide) groups is 3. The smallest absolute Gasteiger partial charge is 0.546 e. The number of hydrogen-bond donors (Lipinski definition) is 3. The predicted octanol–water partition coefficient (Wildman–Crippen LogP) is 10.1. The molecule has 3 N–H and O–H groups in total. The number of carbonyl (C=O) groups is 3. The number of aliphatic hydroxyl groups excluding tert-OH is 3. The summed E-state index contributed by atoms with van der Waals surface area (Å²) in [5.41, 5.74) is -4.08. The van der Waals surface area contributed by atoms with Gasteiger partial charge in [-0.15, -0.1) is 35.3 Å². The molecular formula is C48H93O9S3Sb. The molecule has 0 aromatic heterocycles. The number of aliphatic carboxylic acids is 3. The minimum atomic E-state index is -1.38. The molecule has 61 heavy (non-hydrogen) atoms. The maximum atomic E-state index is 10.3. The van der Waals surface area contributed by atoms with Crippen LogP contribution < -0.4 is 15.3 Å². The Morgan fingerprint density at radius 1 is 0.311 bits per heavy atom. The molecule has 0 aliphatic carbocycles. The van der Waals surface area contributed by atoms with Gasteiger partial charge in [0.25, 0.3) is 0 Å². The second-order valence-electron chi connectivity index (χ2n) is 16.3. The van der Waals surface area contributed by atoms with Crippen molar-refractivity contribution in [2.45, 2.75) is 268 Å². The molecule has 0 spiro atoms. The largest absolute Gasteiger partial charge is 3.00 e. The van der Waals surface area contributed by atoms with Crippen molar-refractivity contribution in [1.82, 2.24) is 0 Å². The Kier molecular flexibility index (Phi) is 64.6. The van der Waals surface area contributed by atoms with Gasteiger partial charge in [0.1, 0.15) is 16.3 Å². The average Bonchev–Trinajstić information content (AvgIpc) is 3.23. The van der Waals surface area contributed by atoms with Crippen molar-refractivity contribution in [2.24, 2.45) is 0 Å². The molecule has 13 heteroatoms. The standard InChI is InChI=1S/3C16H32O3S.Sb/c3*1-2-3-4-5-6-7-8-9-10-11-12-13-14-20-16(19)15(17)18;/h3*16,19H,2-14H2,1H3,(H,17,18);/q;;;+3/p-3. The van der Waals surface area contributed by atoms with Crippen LogP contribution in [0.15, 0.2) is 0 Å². The monoisotopic (exact) mass is 1030 g/mol. The van der Waals surface area contributed by atoms with Gasteiger partial charge in [0.15, 0.2) is 0 Å². The molecule has 0 amide bonds. The second-order valence-corrected chi connectivity index (χ2v) is 19.9. The topological polar surface area (TPSA) is 181 Å². The van der Waals surface area contributed by atoms with Crippen molar-refractivity contribution in [3.63, 3.8) is 0 Å². The molecular weight excluding hydrogens is 938 g/mol. The van der Waals surface area contributed by atoms with E-state index in [1.54, 1.807) is 0 Å². The van der Waals surface area contributed by atoms with Crippen LogP contribution in [0, 0.1) is 0 Å². The van der Waals surface area contributed by atoms with Gasteiger partial charge >= 0.3 is 24.4 Å². The van der Waals surface area contributed by atoms with Crippen LogP contribution in [-0.4, -0.2) is 91.2 Å². The van der Waals surface area contributed by atoms with E-state index in [2.05, 4.69) is 20.8 Å². The molecule has 0 bridgehead atoms. The van der Waals surface area contributed by atoms with Crippen LogP contribution in [0.4, 0.5) is 0 Å². The first-order valence-corrected chi connectivity index (χ1v) is 27.7. The SMILES string of the molecule is CCCCCCCCCCCCCCSC(O)C(=O)[O-].CCCCCCCCCCCCCCSC(O)C(=O)[O-].CCCCCCCCCCCCCCSC(O)C(=O)[O-].[Sb+3]. The average molecular weight is 1030 g/mol. The third kappa shape index (κ3) is 62.3. The van der Waals surface area contributed by atoms with E-state index in [4.69, 9.17) is 15.3 Å². The zero-order chi connectivity index (χ0) is 45.2. The van der Waals surface area contributed by atoms with Gasteiger partial charge < -0.3 is 45.0 Å². The second kappa shape index (κ2) is 58.2. The van der Waals surface area contributed by atoms with Gasteiger partial charge in [0.05, 0.1) is 17.9 Å². The summed E-state index contributed by atoms with van der Waals surface area (Å²) in [6, 6.07) is 0. The Morgan fingerprint density at radius 2 is 0.443 bits per heavy atom. The van der Waals surface area contributed by atoms with Crippen LogP contribution in [-0.2, 0) is 14.4 Å². The maximum Gasteiger partial charge on any atom is 3.00 e. The molecule has 3 atom stereocenters. The zero-order valence-corrected chi connectivity index (χ0v) is 44.3. The molecule has 9 nitrogen and oxygen atoms in total. The Morgan fingerprint density at radius 3 is 0.574 bits per heavy atom. The molecule has 0 aromatic rings. The molecule has 0 rings (SSSR count). The van der Waals surface area contributed by atoms with Gasteiger partial charge in [-0.1, -0.05) is 233 Å². The maximum absolute atomic E-state index is 10.3. The van der Waals surface area contributed by atoms with Crippen LogP contribution >= 0.6 is 35.3 Å². The Bertz CT molecular complexity index is 782. The number of aliphatic hydroxyl groups is 3. The number of hydrogen-bond acceptors (Lipinski definition) is 12. The molecule has 3 unspecified atom stereocenters. The van der Waals surface area contributed by atoms with Gasteiger partial charge in [-0.3, -0.25) is 0 Å². The predicted molar refractivity (Wildman–Crippen MR) is 259 cm³/mol. The fourth-order valence-electron chi connectivity index (χ4n) is 6.62. The van der Waals surface area contributed by atoms with Crippen molar-refractivity contribution in [1.29, 1.82) is 0 Å². The number of rotatable bonds is 45. The van der Waals surface area contributed by atoms with Crippen molar-refractivity contribution in [3.8, 4) is 0 Å². The molecule has 0 aliphatic rings. The summed E-state index contributed by atoms with van der Waals surface area (Å²) >= 11 is 3.18. The van der Waals surface area contributed by atoms with Crippen LogP contribution in [0.2, 0.25) is 0 Å².